The first kappa shape index (κ1) is 16.0. The van der Waals surface area contributed by atoms with E-state index in [0.29, 0.717) is 0 Å². The minimum Gasteiger partial charge on any atom is -0.479 e. The average Bonchev–Trinajstić information content (AvgIpc) is 2.36. The fourth-order valence-corrected chi connectivity index (χ4v) is 2.53. The van der Waals surface area contributed by atoms with Crippen molar-refractivity contribution in [2.45, 2.75) is 17.4 Å². The van der Waals surface area contributed by atoms with Gasteiger partial charge in [-0.3, -0.25) is 10.1 Å². The summed E-state index contributed by atoms with van der Waals surface area (Å²) in [7, 11) is -4.32. The molecule has 0 saturated heterocycles. The lowest BCUT2D eigenvalue weighted by atomic mass is 10.1. The van der Waals surface area contributed by atoms with Gasteiger partial charge in [0, 0.05) is 6.07 Å². The van der Waals surface area contributed by atoms with Gasteiger partial charge >= 0.3 is 5.97 Å². The van der Waals surface area contributed by atoms with E-state index >= 15 is 0 Å². The number of nitro benzene ring substituents is 1. The minimum atomic E-state index is -4.32. The van der Waals surface area contributed by atoms with Crippen LogP contribution in [-0.4, -0.2) is 41.7 Å². The average molecular weight is 304 g/mol. The molecule has 9 nitrogen and oxygen atoms in total. The number of rotatable bonds is 6. The molecule has 0 amide bonds. The summed E-state index contributed by atoms with van der Waals surface area (Å²) in [6.07, 6.45) is 0. The number of carboxylic acids is 1. The number of nitrogens with zero attached hydrogens (tertiary/aromatic N) is 1. The van der Waals surface area contributed by atoms with Crippen molar-refractivity contribution in [1.29, 1.82) is 0 Å². The Morgan fingerprint density at radius 1 is 1.45 bits per heavy atom. The lowest BCUT2D eigenvalue weighted by Gasteiger charge is -2.18. The molecule has 1 aromatic carbocycles. The Bertz CT molecular complexity index is 639. The number of carboxylic acid groups (broad SMARTS) is 1. The van der Waals surface area contributed by atoms with Crippen molar-refractivity contribution in [3.05, 3.63) is 34.4 Å². The van der Waals surface area contributed by atoms with Crippen LogP contribution in [0.5, 0.6) is 0 Å². The first-order valence-electron chi connectivity index (χ1n) is 5.27. The van der Waals surface area contributed by atoms with Gasteiger partial charge in [-0.25, -0.2) is 17.9 Å². The molecule has 0 saturated carbocycles. The molecular weight excluding hydrogens is 292 g/mol. The molecule has 1 unspecified atom stereocenters. The van der Waals surface area contributed by atoms with Gasteiger partial charge in [-0.2, -0.15) is 0 Å². The molecule has 0 aliphatic heterocycles. The third-order valence-corrected chi connectivity index (χ3v) is 3.87. The third kappa shape index (κ3) is 3.50. The Hall–Kier alpha value is -2.04. The van der Waals surface area contributed by atoms with Crippen molar-refractivity contribution in [3.63, 3.8) is 0 Å². The van der Waals surface area contributed by atoms with Crippen LogP contribution in [0.25, 0.3) is 0 Å². The SMILES string of the molecule is CC(O)(CNS(=O)(=O)c1ccccc1[N+](=O)[O-])C(=O)O. The molecular formula is C10H12N2O7S. The maximum atomic E-state index is 11.9. The lowest BCUT2D eigenvalue weighted by Crippen LogP contribution is -2.46. The summed E-state index contributed by atoms with van der Waals surface area (Å²) >= 11 is 0. The first-order chi connectivity index (χ1) is 9.08. The minimum absolute atomic E-state index is 0.605. The van der Waals surface area contributed by atoms with Crippen molar-refractivity contribution < 1.29 is 28.3 Å². The van der Waals surface area contributed by atoms with Crippen molar-refractivity contribution in [2.24, 2.45) is 0 Å². The van der Waals surface area contributed by atoms with Crippen LogP contribution in [0.4, 0.5) is 5.69 Å². The molecule has 110 valence electrons. The van der Waals surface area contributed by atoms with Crippen LogP contribution in [0, 0.1) is 10.1 Å². The van der Waals surface area contributed by atoms with Crippen LogP contribution in [-0.2, 0) is 14.8 Å². The molecule has 0 radical (unpaired) electrons. The zero-order chi connectivity index (χ0) is 15.6. The highest BCUT2D eigenvalue weighted by Crippen LogP contribution is 2.22. The van der Waals surface area contributed by atoms with E-state index in [1.807, 2.05) is 4.72 Å². The predicted molar refractivity (Wildman–Crippen MR) is 66.5 cm³/mol. The second kappa shape index (κ2) is 5.53. The van der Waals surface area contributed by atoms with Gasteiger partial charge in [0.25, 0.3) is 5.69 Å². The summed E-state index contributed by atoms with van der Waals surface area (Å²) in [5, 5.41) is 28.8. The van der Waals surface area contributed by atoms with Gasteiger partial charge in [0.2, 0.25) is 10.0 Å². The summed E-state index contributed by atoms with van der Waals surface area (Å²) < 4.78 is 25.6. The lowest BCUT2D eigenvalue weighted by molar-refractivity contribution is -0.387. The molecule has 1 rings (SSSR count). The van der Waals surface area contributed by atoms with Gasteiger partial charge < -0.3 is 10.2 Å². The standard InChI is InChI=1S/C10H12N2O7S/c1-10(15,9(13)14)6-11-20(18,19)8-5-3-2-4-7(8)12(16)17/h2-5,11,15H,6H2,1H3,(H,13,14). The highest BCUT2D eigenvalue weighted by molar-refractivity contribution is 7.89. The largest absolute Gasteiger partial charge is 0.479 e. The van der Waals surface area contributed by atoms with E-state index in [4.69, 9.17) is 5.11 Å². The van der Waals surface area contributed by atoms with Gasteiger partial charge in [0.05, 0.1) is 11.5 Å². The number of aliphatic carboxylic acids is 1. The van der Waals surface area contributed by atoms with Crippen LogP contribution >= 0.6 is 0 Å². The molecule has 20 heavy (non-hydrogen) atoms. The van der Waals surface area contributed by atoms with E-state index in [1.165, 1.54) is 12.1 Å². The number of hydrogen-bond donors (Lipinski definition) is 3. The van der Waals surface area contributed by atoms with E-state index < -0.39 is 43.6 Å². The molecule has 1 atom stereocenters. The summed E-state index contributed by atoms with van der Waals surface area (Å²) in [6, 6.07) is 4.60. The van der Waals surface area contributed by atoms with E-state index in [-0.39, 0.29) is 0 Å². The molecule has 0 aliphatic rings. The van der Waals surface area contributed by atoms with Gasteiger partial charge in [0.1, 0.15) is 0 Å². The Kier molecular flexibility index (Phi) is 4.43. The molecule has 3 N–H and O–H groups in total. The molecule has 0 fully saturated rings. The van der Waals surface area contributed by atoms with Gasteiger partial charge in [-0.15, -0.1) is 0 Å². The topological polar surface area (TPSA) is 147 Å². The van der Waals surface area contributed by atoms with Gasteiger partial charge in [0.15, 0.2) is 10.5 Å². The number of benzene rings is 1. The molecule has 0 heterocycles. The molecule has 10 heteroatoms. The van der Waals surface area contributed by atoms with E-state index in [9.17, 15) is 28.4 Å². The first-order valence-corrected chi connectivity index (χ1v) is 6.75. The maximum absolute atomic E-state index is 11.9. The van der Waals surface area contributed by atoms with Crippen molar-refractivity contribution in [2.75, 3.05) is 6.54 Å². The quantitative estimate of drug-likeness (QED) is 0.483. The molecule has 0 spiro atoms. The van der Waals surface area contributed by atoms with E-state index in [0.717, 1.165) is 19.1 Å². The van der Waals surface area contributed by atoms with Crippen LogP contribution in [0.2, 0.25) is 0 Å². The summed E-state index contributed by atoms with van der Waals surface area (Å²) in [6.45, 7) is 0.0774. The van der Waals surface area contributed by atoms with Crippen LogP contribution in [0.1, 0.15) is 6.92 Å². The second-order valence-corrected chi connectivity index (χ2v) is 5.86. The molecule has 0 aromatic heterocycles. The highest BCUT2D eigenvalue weighted by atomic mass is 32.2. The van der Waals surface area contributed by atoms with Crippen LogP contribution in [0.3, 0.4) is 0 Å². The zero-order valence-corrected chi connectivity index (χ0v) is 11.1. The number of nitrogens with one attached hydrogen (secondary N) is 1. The fourth-order valence-electron chi connectivity index (χ4n) is 1.22. The van der Waals surface area contributed by atoms with Crippen molar-refractivity contribution in [1.82, 2.24) is 4.72 Å². The van der Waals surface area contributed by atoms with Crippen LogP contribution < -0.4 is 4.72 Å². The van der Waals surface area contributed by atoms with E-state index in [2.05, 4.69) is 0 Å². The highest BCUT2D eigenvalue weighted by Gasteiger charge is 2.33. The smallest absolute Gasteiger partial charge is 0.336 e. The summed E-state index contributed by atoms with van der Waals surface area (Å²) in [5.74, 6) is -1.62. The number of aliphatic hydroxyl groups is 1. The molecule has 0 bridgehead atoms. The van der Waals surface area contributed by atoms with E-state index in [1.54, 1.807) is 0 Å². The number of carbonyl (C=O) groups is 1. The van der Waals surface area contributed by atoms with Gasteiger partial charge in [-0.1, -0.05) is 12.1 Å². The third-order valence-electron chi connectivity index (χ3n) is 2.42. The molecule has 0 aliphatic carbocycles. The zero-order valence-electron chi connectivity index (χ0n) is 10.3. The number of para-hydroxylation sites is 1. The summed E-state index contributed by atoms with van der Waals surface area (Å²) in [4.78, 5) is 19.9. The van der Waals surface area contributed by atoms with Gasteiger partial charge in [-0.05, 0) is 13.0 Å². The van der Waals surface area contributed by atoms with Crippen LogP contribution in [0.15, 0.2) is 29.2 Å². The predicted octanol–water partition coefficient (Wildman–Crippen LogP) is -0.291. The Labute approximate surface area is 114 Å². The number of sulfonamides is 1. The molecule has 1 aromatic rings. The monoisotopic (exact) mass is 304 g/mol. The Morgan fingerprint density at radius 2 is 2.00 bits per heavy atom. The summed E-state index contributed by atoms with van der Waals surface area (Å²) in [5.41, 5.74) is -2.97. The second-order valence-electron chi connectivity index (χ2n) is 4.13. The normalized spacial score (nSPS) is 14.5. The Balaban J connectivity index is 3.08. The number of hydrogen-bond acceptors (Lipinski definition) is 6. The fraction of sp³-hybridized carbons (Fsp3) is 0.300. The van der Waals surface area contributed by atoms with Crippen molar-refractivity contribution in [3.8, 4) is 0 Å². The maximum Gasteiger partial charge on any atom is 0.336 e. The Morgan fingerprint density at radius 3 is 2.50 bits per heavy atom. The number of nitro groups is 1. The van der Waals surface area contributed by atoms with Crippen molar-refractivity contribution >= 4 is 21.7 Å².